The molecular weight excluding hydrogens is 176 g/mol. The molecule has 1 aromatic rings. The topological polar surface area (TPSA) is 53.8 Å². The van der Waals surface area contributed by atoms with Crippen molar-refractivity contribution in [2.45, 2.75) is 6.92 Å². The number of nitrogens with zero attached hydrogens (tertiary/aromatic N) is 2. The summed E-state index contributed by atoms with van der Waals surface area (Å²) in [6.45, 7) is 1.66. The maximum Gasteiger partial charge on any atom is 0.254 e. The fourth-order valence-electron chi connectivity index (χ4n) is 0.793. The highest BCUT2D eigenvalue weighted by molar-refractivity contribution is 6.67. The molecule has 0 radical (unpaired) electrons. The van der Waals surface area contributed by atoms with E-state index in [9.17, 15) is 4.79 Å². The van der Waals surface area contributed by atoms with Crippen molar-refractivity contribution in [3.8, 4) is 6.07 Å². The van der Waals surface area contributed by atoms with Crippen molar-refractivity contribution in [2.75, 3.05) is 0 Å². The van der Waals surface area contributed by atoms with Crippen molar-refractivity contribution in [2.24, 2.45) is 0 Å². The average Bonchev–Trinajstić information content (AvgIpc) is 2.05. The predicted molar refractivity (Wildman–Crippen MR) is 43.9 cm³/mol. The minimum atomic E-state index is -0.586. The van der Waals surface area contributed by atoms with Gasteiger partial charge in [0.1, 0.15) is 6.07 Å². The van der Waals surface area contributed by atoms with Crippen molar-refractivity contribution in [1.82, 2.24) is 4.98 Å². The highest BCUT2D eigenvalue weighted by Crippen LogP contribution is 2.09. The Bertz CT molecular complexity index is 368. The Hall–Kier alpha value is -1.40. The first-order valence-corrected chi connectivity index (χ1v) is 3.59. The number of aryl methyl sites for hydroxylation is 1. The van der Waals surface area contributed by atoms with Crippen molar-refractivity contribution < 1.29 is 4.79 Å². The predicted octanol–water partition coefficient (Wildman–Crippen LogP) is 1.64. The molecule has 0 N–H and O–H groups in total. The number of pyridine rings is 1. The van der Waals surface area contributed by atoms with Crippen LogP contribution in [0.3, 0.4) is 0 Å². The second kappa shape index (κ2) is 3.33. The molecule has 0 fully saturated rings. The van der Waals surface area contributed by atoms with Crippen LogP contribution < -0.4 is 0 Å². The molecule has 0 atom stereocenters. The molecule has 0 spiro atoms. The average molecular weight is 181 g/mol. The normalized spacial score (nSPS) is 9.08. The summed E-state index contributed by atoms with van der Waals surface area (Å²) in [5.74, 6) is 0. The third-order valence-electron chi connectivity index (χ3n) is 1.43. The molecule has 1 heterocycles. The number of rotatable bonds is 1. The summed E-state index contributed by atoms with van der Waals surface area (Å²) in [6, 6.07) is 3.30. The largest absolute Gasteiger partial charge is 0.276 e. The first-order valence-electron chi connectivity index (χ1n) is 3.21. The molecule has 0 aromatic carbocycles. The van der Waals surface area contributed by atoms with E-state index in [-0.39, 0.29) is 5.56 Å². The van der Waals surface area contributed by atoms with Gasteiger partial charge in [0.25, 0.3) is 5.24 Å². The summed E-state index contributed by atoms with van der Waals surface area (Å²) in [5.41, 5.74) is 1.16. The second-order valence-corrected chi connectivity index (χ2v) is 2.59. The van der Waals surface area contributed by atoms with Gasteiger partial charge >= 0.3 is 0 Å². The van der Waals surface area contributed by atoms with E-state index in [1.165, 1.54) is 12.3 Å². The molecule has 0 aliphatic heterocycles. The van der Waals surface area contributed by atoms with Gasteiger partial charge in [-0.15, -0.1) is 0 Å². The number of carbonyl (C=O) groups is 1. The van der Waals surface area contributed by atoms with Gasteiger partial charge in [0.05, 0.1) is 11.1 Å². The van der Waals surface area contributed by atoms with Crippen LogP contribution >= 0.6 is 11.6 Å². The maximum absolute atomic E-state index is 10.8. The minimum absolute atomic E-state index is 0.288. The van der Waals surface area contributed by atoms with E-state index in [2.05, 4.69) is 4.98 Å². The molecule has 1 rings (SSSR count). The molecule has 60 valence electrons. The first-order chi connectivity index (χ1) is 5.65. The summed E-state index contributed by atoms with van der Waals surface area (Å²) in [5, 5.41) is 7.90. The summed E-state index contributed by atoms with van der Waals surface area (Å²) in [6.07, 6.45) is 1.40. The first kappa shape index (κ1) is 8.69. The molecule has 3 nitrogen and oxygen atoms in total. The number of aromatic nitrogens is 1. The summed E-state index contributed by atoms with van der Waals surface area (Å²) in [4.78, 5) is 14.6. The fourth-order valence-corrected chi connectivity index (χ4v) is 0.985. The SMILES string of the molecule is Cc1ncc(C#N)cc1C(=O)Cl. The van der Waals surface area contributed by atoms with Gasteiger partial charge in [-0.3, -0.25) is 9.78 Å². The van der Waals surface area contributed by atoms with Gasteiger partial charge < -0.3 is 0 Å². The zero-order chi connectivity index (χ0) is 9.14. The smallest absolute Gasteiger partial charge is 0.254 e. The molecule has 0 aliphatic rings. The molecule has 0 amide bonds. The lowest BCUT2D eigenvalue weighted by Crippen LogP contribution is -1.96. The lowest BCUT2D eigenvalue weighted by molar-refractivity contribution is 0.108. The van der Waals surface area contributed by atoms with Crippen molar-refractivity contribution in [3.63, 3.8) is 0 Å². The van der Waals surface area contributed by atoms with Crippen molar-refractivity contribution >= 4 is 16.8 Å². The molecule has 0 aliphatic carbocycles. The zero-order valence-electron chi connectivity index (χ0n) is 6.34. The Morgan fingerprint density at radius 3 is 2.92 bits per heavy atom. The number of halogens is 1. The van der Waals surface area contributed by atoms with Crippen LogP contribution in [0.25, 0.3) is 0 Å². The lowest BCUT2D eigenvalue weighted by Gasteiger charge is -1.97. The zero-order valence-corrected chi connectivity index (χ0v) is 7.09. The third-order valence-corrected chi connectivity index (χ3v) is 1.63. The highest BCUT2D eigenvalue weighted by Gasteiger charge is 2.07. The van der Waals surface area contributed by atoms with Crippen LogP contribution in [0.1, 0.15) is 21.6 Å². The van der Waals surface area contributed by atoms with E-state index in [1.54, 1.807) is 6.92 Å². The summed E-state index contributed by atoms with van der Waals surface area (Å²) >= 11 is 5.25. The summed E-state index contributed by atoms with van der Waals surface area (Å²) in [7, 11) is 0. The van der Waals surface area contributed by atoms with E-state index >= 15 is 0 Å². The third kappa shape index (κ3) is 1.60. The van der Waals surface area contributed by atoms with Crippen LogP contribution in [-0.4, -0.2) is 10.2 Å². The Morgan fingerprint density at radius 2 is 2.42 bits per heavy atom. The highest BCUT2D eigenvalue weighted by atomic mass is 35.5. The Balaban J connectivity index is 3.28. The Labute approximate surface area is 74.6 Å². The quantitative estimate of drug-likeness (QED) is 0.618. The van der Waals surface area contributed by atoms with Crippen LogP contribution in [0.4, 0.5) is 0 Å². The van der Waals surface area contributed by atoms with Crippen LogP contribution in [0.2, 0.25) is 0 Å². The van der Waals surface area contributed by atoms with Crippen LogP contribution in [-0.2, 0) is 0 Å². The molecule has 12 heavy (non-hydrogen) atoms. The molecule has 0 saturated carbocycles. The van der Waals surface area contributed by atoms with Gasteiger partial charge in [-0.2, -0.15) is 5.26 Å². The van der Waals surface area contributed by atoms with Gasteiger partial charge in [0.15, 0.2) is 0 Å². The fraction of sp³-hybridized carbons (Fsp3) is 0.125. The number of hydrogen-bond acceptors (Lipinski definition) is 3. The number of carbonyl (C=O) groups excluding carboxylic acids is 1. The molecular formula is C8H5ClN2O. The monoisotopic (exact) mass is 180 g/mol. The van der Waals surface area contributed by atoms with Gasteiger partial charge in [-0.25, -0.2) is 0 Å². The Morgan fingerprint density at radius 1 is 1.75 bits per heavy atom. The number of nitriles is 1. The van der Waals surface area contributed by atoms with Crippen molar-refractivity contribution in [1.29, 1.82) is 5.26 Å². The maximum atomic E-state index is 10.8. The van der Waals surface area contributed by atoms with E-state index in [1.807, 2.05) is 6.07 Å². The van der Waals surface area contributed by atoms with Crippen LogP contribution in [0, 0.1) is 18.3 Å². The van der Waals surface area contributed by atoms with Gasteiger partial charge in [-0.1, -0.05) is 0 Å². The molecule has 4 heteroatoms. The summed E-state index contributed by atoms with van der Waals surface area (Å²) < 4.78 is 0. The van der Waals surface area contributed by atoms with E-state index in [0.717, 1.165) is 0 Å². The molecule has 0 unspecified atom stereocenters. The standard InChI is InChI=1S/C8H5ClN2O/c1-5-7(8(9)12)2-6(3-10)4-11-5/h2,4H,1H3. The van der Waals surface area contributed by atoms with Gasteiger partial charge in [-0.05, 0) is 24.6 Å². The Kier molecular flexibility index (Phi) is 2.41. The molecule has 0 saturated heterocycles. The lowest BCUT2D eigenvalue weighted by atomic mass is 10.2. The van der Waals surface area contributed by atoms with Gasteiger partial charge in [0.2, 0.25) is 0 Å². The minimum Gasteiger partial charge on any atom is -0.276 e. The number of hydrogen-bond donors (Lipinski definition) is 0. The van der Waals surface area contributed by atoms with E-state index < -0.39 is 5.24 Å². The molecule has 1 aromatic heterocycles. The van der Waals surface area contributed by atoms with E-state index in [0.29, 0.717) is 11.3 Å². The van der Waals surface area contributed by atoms with E-state index in [4.69, 9.17) is 16.9 Å². The van der Waals surface area contributed by atoms with Crippen LogP contribution in [0.15, 0.2) is 12.3 Å². The van der Waals surface area contributed by atoms with Gasteiger partial charge in [0, 0.05) is 11.9 Å². The van der Waals surface area contributed by atoms with Crippen molar-refractivity contribution in [3.05, 3.63) is 29.1 Å². The van der Waals surface area contributed by atoms with Crippen LogP contribution in [0.5, 0.6) is 0 Å². The molecule has 0 bridgehead atoms. The second-order valence-electron chi connectivity index (χ2n) is 2.24.